The Labute approximate surface area is 287 Å². The molecule has 0 spiro atoms. The first kappa shape index (κ1) is 43.1. The van der Waals surface area contributed by atoms with E-state index >= 15 is 0 Å². The van der Waals surface area contributed by atoms with Gasteiger partial charge in [-0.05, 0) is 77.4 Å². The normalized spacial score (nSPS) is 11.6. The first-order valence-electron chi connectivity index (χ1n) is 19.8. The lowest BCUT2D eigenvalue weighted by molar-refractivity contribution is -0.150. The van der Waals surface area contributed by atoms with E-state index in [-0.39, 0.29) is 18.7 Å². The summed E-state index contributed by atoms with van der Waals surface area (Å²) in [6.45, 7) is 8.46. The third-order valence-electron chi connectivity index (χ3n) is 9.41. The van der Waals surface area contributed by atoms with Crippen LogP contribution in [0.3, 0.4) is 0 Å². The molecule has 274 valence electrons. The molecular formula is C39H73N3O5. The molecule has 1 aromatic rings. The van der Waals surface area contributed by atoms with Crippen molar-refractivity contribution in [2.45, 2.75) is 180 Å². The van der Waals surface area contributed by atoms with Crippen LogP contribution in [0.15, 0.2) is 9.59 Å². The summed E-state index contributed by atoms with van der Waals surface area (Å²) in [6, 6.07) is 0. The zero-order valence-electron chi connectivity index (χ0n) is 30.8. The highest BCUT2D eigenvalue weighted by Gasteiger charge is 2.19. The topological polar surface area (TPSA) is 108 Å². The maximum absolute atomic E-state index is 12.7. The van der Waals surface area contributed by atoms with Crippen molar-refractivity contribution in [3.63, 3.8) is 0 Å². The largest absolute Gasteiger partial charge is 0.462 e. The third-order valence-corrected chi connectivity index (χ3v) is 9.41. The summed E-state index contributed by atoms with van der Waals surface area (Å²) in [7, 11) is 1.66. The molecule has 0 saturated heterocycles. The van der Waals surface area contributed by atoms with Crippen LogP contribution in [0.1, 0.15) is 174 Å². The van der Waals surface area contributed by atoms with Crippen molar-refractivity contribution in [3.05, 3.63) is 20.4 Å². The van der Waals surface area contributed by atoms with E-state index in [0.717, 1.165) is 96.7 Å². The second-order valence-corrected chi connectivity index (χ2v) is 13.7. The molecule has 3 N–H and O–H groups in total. The molecule has 0 bridgehead atoms. The van der Waals surface area contributed by atoms with Crippen molar-refractivity contribution in [1.82, 2.24) is 4.90 Å². The second-order valence-electron chi connectivity index (χ2n) is 13.7. The standard InChI is InChI=1S/C39H73N3O5/c1-4-6-8-10-13-19-26-34(27-20-14-11-9-7-5-2)47-35(44)28-21-15-12-16-22-30-42(31-23-17-18-24-33-43)32-25-29-41-37-36(40-3)38(45)39(37)46/h34,40-41,43H,4-33H2,1-3H3. The van der Waals surface area contributed by atoms with Gasteiger partial charge >= 0.3 is 5.97 Å². The van der Waals surface area contributed by atoms with E-state index in [0.29, 0.717) is 24.3 Å². The Hall–Kier alpha value is -1.93. The Kier molecular flexibility index (Phi) is 27.6. The summed E-state index contributed by atoms with van der Waals surface area (Å²) >= 11 is 0. The van der Waals surface area contributed by atoms with Crippen LogP contribution in [0, 0.1) is 0 Å². The van der Waals surface area contributed by atoms with Crippen LogP contribution >= 0.6 is 0 Å². The number of nitrogens with zero attached hydrogens (tertiary/aromatic N) is 1. The van der Waals surface area contributed by atoms with Gasteiger partial charge in [-0.3, -0.25) is 14.4 Å². The van der Waals surface area contributed by atoms with E-state index in [1.54, 1.807) is 7.05 Å². The zero-order valence-corrected chi connectivity index (χ0v) is 30.8. The molecule has 0 aliphatic heterocycles. The predicted molar refractivity (Wildman–Crippen MR) is 200 cm³/mol. The van der Waals surface area contributed by atoms with Crippen LogP contribution in [-0.2, 0) is 9.53 Å². The van der Waals surface area contributed by atoms with Gasteiger partial charge in [0.1, 0.15) is 17.5 Å². The van der Waals surface area contributed by atoms with Crippen LogP contribution in [0.2, 0.25) is 0 Å². The van der Waals surface area contributed by atoms with E-state index < -0.39 is 10.9 Å². The molecule has 8 nitrogen and oxygen atoms in total. The fourth-order valence-corrected chi connectivity index (χ4v) is 6.40. The molecule has 47 heavy (non-hydrogen) atoms. The van der Waals surface area contributed by atoms with Gasteiger partial charge in [0.25, 0.3) is 10.9 Å². The average Bonchev–Trinajstić information content (AvgIpc) is 3.07. The third kappa shape index (κ3) is 21.6. The van der Waals surface area contributed by atoms with E-state index in [1.165, 1.54) is 77.0 Å². The molecule has 8 heteroatoms. The maximum Gasteiger partial charge on any atom is 0.306 e. The number of ether oxygens (including phenoxy) is 1. The number of nitrogens with one attached hydrogen (secondary N) is 2. The number of aliphatic hydroxyl groups excluding tert-OH is 1. The fourth-order valence-electron chi connectivity index (χ4n) is 6.40. The molecule has 1 rings (SSSR count). The summed E-state index contributed by atoms with van der Waals surface area (Å²) in [5.41, 5.74) is -0.0506. The van der Waals surface area contributed by atoms with Gasteiger partial charge in [-0.15, -0.1) is 0 Å². The molecule has 0 radical (unpaired) electrons. The molecule has 0 aromatic heterocycles. The highest BCUT2D eigenvalue weighted by molar-refractivity contribution is 5.73. The molecular weight excluding hydrogens is 590 g/mol. The van der Waals surface area contributed by atoms with Gasteiger partial charge in [0, 0.05) is 26.6 Å². The quantitative estimate of drug-likeness (QED) is 0.0376. The smallest absolute Gasteiger partial charge is 0.306 e. The summed E-state index contributed by atoms with van der Waals surface area (Å²) in [6.07, 6.45) is 28.4. The molecule has 0 unspecified atom stereocenters. The average molecular weight is 664 g/mol. The Morgan fingerprint density at radius 1 is 0.638 bits per heavy atom. The minimum atomic E-state index is -0.437. The van der Waals surface area contributed by atoms with Crippen molar-refractivity contribution in [2.24, 2.45) is 0 Å². The Balaban J connectivity index is 2.32. The van der Waals surface area contributed by atoms with Gasteiger partial charge in [0.15, 0.2) is 0 Å². The molecule has 0 saturated carbocycles. The van der Waals surface area contributed by atoms with Gasteiger partial charge in [-0.2, -0.15) is 0 Å². The fraction of sp³-hybridized carbons (Fsp3) is 0.872. The van der Waals surface area contributed by atoms with Gasteiger partial charge in [0.2, 0.25) is 0 Å². The first-order valence-corrected chi connectivity index (χ1v) is 19.8. The molecule has 0 atom stereocenters. The lowest BCUT2D eigenvalue weighted by atomic mass is 10.0. The van der Waals surface area contributed by atoms with Crippen LogP contribution in [0.4, 0.5) is 11.4 Å². The van der Waals surface area contributed by atoms with Crippen molar-refractivity contribution in [3.8, 4) is 0 Å². The molecule has 0 heterocycles. The summed E-state index contributed by atoms with van der Waals surface area (Å²) in [5, 5.41) is 15.0. The monoisotopic (exact) mass is 664 g/mol. The molecule has 1 aromatic carbocycles. The number of hydrogen-bond donors (Lipinski definition) is 3. The zero-order chi connectivity index (χ0) is 34.4. The van der Waals surface area contributed by atoms with Crippen LogP contribution in [0.5, 0.6) is 0 Å². The van der Waals surface area contributed by atoms with E-state index in [1.807, 2.05) is 0 Å². The maximum atomic E-state index is 12.7. The summed E-state index contributed by atoms with van der Waals surface area (Å²) in [4.78, 5) is 38.6. The highest BCUT2D eigenvalue weighted by Crippen LogP contribution is 2.18. The van der Waals surface area contributed by atoms with E-state index in [4.69, 9.17) is 9.84 Å². The van der Waals surface area contributed by atoms with Crippen molar-refractivity contribution < 1.29 is 14.6 Å². The van der Waals surface area contributed by atoms with E-state index in [2.05, 4.69) is 29.4 Å². The Morgan fingerprint density at radius 2 is 1.11 bits per heavy atom. The predicted octanol–water partition coefficient (Wildman–Crippen LogP) is 8.73. The number of hydrogen-bond acceptors (Lipinski definition) is 8. The van der Waals surface area contributed by atoms with Crippen molar-refractivity contribution in [1.29, 1.82) is 0 Å². The molecule has 0 aliphatic rings. The van der Waals surface area contributed by atoms with Gasteiger partial charge in [-0.1, -0.05) is 110 Å². The Morgan fingerprint density at radius 3 is 1.66 bits per heavy atom. The number of aliphatic hydroxyl groups is 1. The van der Waals surface area contributed by atoms with Crippen molar-refractivity contribution >= 4 is 17.3 Å². The SMILES string of the molecule is CCCCCCCCC(CCCCCCCC)OC(=O)CCCCCCCN(CCCCCCO)CCCNc1c(NC)c(=O)c1=O. The van der Waals surface area contributed by atoms with Gasteiger partial charge in [-0.25, -0.2) is 0 Å². The second kappa shape index (κ2) is 30.2. The number of anilines is 2. The highest BCUT2D eigenvalue weighted by atomic mass is 16.5. The Bertz CT molecular complexity index is 930. The van der Waals surface area contributed by atoms with Crippen LogP contribution in [-0.4, -0.2) is 61.9 Å². The van der Waals surface area contributed by atoms with Crippen molar-refractivity contribution in [2.75, 3.05) is 50.5 Å². The number of carbonyl (C=O) groups excluding carboxylic acids is 1. The number of carbonyl (C=O) groups is 1. The molecule has 0 fully saturated rings. The lowest BCUT2D eigenvalue weighted by Crippen LogP contribution is -2.37. The van der Waals surface area contributed by atoms with Gasteiger partial charge < -0.3 is 25.4 Å². The number of esters is 1. The number of rotatable bonds is 35. The van der Waals surface area contributed by atoms with Crippen LogP contribution < -0.4 is 21.5 Å². The molecule has 0 amide bonds. The number of unbranched alkanes of at least 4 members (excludes halogenated alkanes) is 17. The summed E-state index contributed by atoms with van der Waals surface area (Å²) < 4.78 is 6.02. The van der Waals surface area contributed by atoms with Gasteiger partial charge in [0.05, 0.1) is 0 Å². The molecule has 0 aliphatic carbocycles. The minimum Gasteiger partial charge on any atom is -0.462 e. The minimum absolute atomic E-state index is 0.00137. The van der Waals surface area contributed by atoms with Crippen LogP contribution in [0.25, 0.3) is 0 Å². The summed E-state index contributed by atoms with van der Waals surface area (Å²) in [5.74, 6) is -0.00137. The lowest BCUT2D eigenvalue weighted by Gasteiger charge is -2.23. The first-order chi connectivity index (χ1) is 23.0. The van der Waals surface area contributed by atoms with E-state index in [9.17, 15) is 14.4 Å².